The van der Waals surface area contributed by atoms with E-state index < -0.39 is 11.5 Å². The predicted molar refractivity (Wildman–Crippen MR) is 73.2 cm³/mol. The minimum atomic E-state index is -0.877. The molecule has 1 aromatic rings. The van der Waals surface area contributed by atoms with Crippen molar-refractivity contribution in [2.24, 2.45) is 0 Å². The van der Waals surface area contributed by atoms with Crippen LogP contribution in [0.5, 0.6) is 11.5 Å². The van der Waals surface area contributed by atoms with Crippen molar-refractivity contribution in [2.45, 2.75) is 37.6 Å². The van der Waals surface area contributed by atoms with E-state index in [2.05, 4.69) is 5.32 Å². The molecule has 21 heavy (non-hydrogen) atoms. The van der Waals surface area contributed by atoms with Crippen LogP contribution in [0.2, 0.25) is 0 Å². The second-order valence-electron chi connectivity index (χ2n) is 5.62. The minimum Gasteiger partial charge on any atom is -0.481 e. The molecule has 1 heterocycles. The molecule has 3 rings (SSSR count). The molecular formula is C15H17NO5. The molecule has 6 nitrogen and oxygen atoms in total. The third kappa shape index (κ3) is 2.94. The molecule has 1 fully saturated rings. The maximum atomic E-state index is 12.1. The van der Waals surface area contributed by atoms with E-state index in [0.717, 1.165) is 24.8 Å². The zero-order valence-corrected chi connectivity index (χ0v) is 11.6. The Morgan fingerprint density at radius 3 is 2.67 bits per heavy atom. The zero-order chi connectivity index (χ0) is 14.9. The number of nitrogens with one attached hydrogen (secondary N) is 1. The van der Waals surface area contributed by atoms with E-state index in [4.69, 9.17) is 14.6 Å². The zero-order valence-electron chi connectivity index (χ0n) is 11.6. The van der Waals surface area contributed by atoms with Gasteiger partial charge in [0.1, 0.15) is 0 Å². The summed E-state index contributed by atoms with van der Waals surface area (Å²) in [6, 6.07) is 5.38. The number of ether oxygens (including phenoxy) is 2. The minimum absolute atomic E-state index is 0.0140. The summed E-state index contributed by atoms with van der Waals surface area (Å²) in [6.07, 6.45) is 2.60. The first-order valence-electron chi connectivity index (χ1n) is 6.98. The van der Waals surface area contributed by atoms with Gasteiger partial charge in [0.05, 0.1) is 18.4 Å². The molecule has 1 saturated carbocycles. The van der Waals surface area contributed by atoms with Gasteiger partial charge in [0.25, 0.3) is 0 Å². The lowest BCUT2D eigenvalue weighted by atomic mass is 9.74. The molecule has 1 aliphatic carbocycles. The third-order valence-electron chi connectivity index (χ3n) is 4.01. The van der Waals surface area contributed by atoms with Crippen molar-refractivity contribution in [2.75, 3.05) is 6.79 Å². The SMILES string of the molecule is O=C(O)CC1(NC(=O)Cc2ccc3c(c2)OCO3)CCC1. The van der Waals surface area contributed by atoms with Gasteiger partial charge in [-0.2, -0.15) is 0 Å². The van der Waals surface area contributed by atoms with Crippen molar-refractivity contribution in [1.29, 1.82) is 0 Å². The Balaban J connectivity index is 1.62. The van der Waals surface area contributed by atoms with E-state index in [-0.39, 0.29) is 25.5 Å². The molecule has 0 saturated heterocycles. The quantitative estimate of drug-likeness (QED) is 0.858. The molecule has 1 aliphatic heterocycles. The van der Waals surface area contributed by atoms with Crippen LogP contribution >= 0.6 is 0 Å². The fraction of sp³-hybridized carbons (Fsp3) is 0.467. The largest absolute Gasteiger partial charge is 0.481 e. The number of hydrogen-bond donors (Lipinski definition) is 2. The lowest BCUT2D eigenvalue weighted by molar-refractivity contribution is -0.140. The van der Waals surface area contributed by atoms with Crippen LogP contribution in [0.15, 0.2) is 18.2 Å². The van der Waals surface area contributed by atoms with Gasteiger partial charge in [-0.25, -0.2) is 0 Å². The van der Waals surface area contributed by atoms with Crippen LogP contribution in [0.3, 0.4) is 0 Å². The number of hydrogen-bond acceptors (Lipinski definition) is 4. The number of carbonyl (C=O) groups excluding carboxylic acids is 1. The van der Waals surface area contributed by atoms with Crippen LogP contribution in [0.25, 0.3) is 0 Å². The van der Waals surface area contributed by atoms with Gasteiger partial charge < -0.3 is 19.9 Å². The predicted octanol–water partition coefficient (Wildman–Crippen LogP) is 1.47. The van der Waals surface area contributed by atoms with Crippen LogP contribution in [-0.2, 0) is 16.0 Å². The van der Waals surface area contributed by atoms with E-state index >= 15 is 0 Å². The molecule has 0 aromatic heterocycles. The van der Waals surface area contributed by atoms with Crippen LogP contribution in [0.4, 0.5) is 0 Å². The van der Waals surface area contributed by atoms with Gasteiger partial charge in [0.15, 0.2) is 11.5 Å². The molecule has 0 spiro atoms. The standard InChI is InChI=1S/C15H17NO5/c17-13(16-15(4-1-5-15)8-14(18)19)7-10-2-3-11-12(6-10)21-9-20-11/h2-3,6H,1,4-5,7-9H2,(H,16,17)(H,18,19). The van der Waals surface area contributed by atoms with Crippen LogP contribution in [0.1, 0.15) is 31.2 Å². The molecule has 6 heteroatoms. The Hall–Kier alpha value is -2.24. The molecule has 1 aromatic carbocycles. The van der Waals surface area contributed by atoms with Gasteiger partial charge in [-0.3, -0.25) is 9.59 Å². The van der Waals surface area contributed by atoms with Crippen molar-refractivity contribution in [1.82, 2.24) is 5.32 Å². The molecule has 1 amide bonds. The highest BCUT2D eigenvalue weighted by molar-refractivity contribution is 5.81. The molecule has 0 bridgehead atoms. The van der Waals surface area contributed by atoms with Gasteiger partial charge in [0.2, 0.25) is 12.7 Å². The van der Waals surface area contributed by atoms with Gasteiger partial charge in [-0.1, -0.05) is 6.07 Å². The van der Waals surface area contributed by atoms with Gasteiger partial charge in [0, 0.05) is 0 Å². The number of carboxylic acid groups (broad SMARTS) is 1. The Bertz CT molecular complexity index is 579. The van der Waals surface area contributed by atoms with Gasteiger partial charge in [-0.05, 0) is 37.0 Å². The summed E-state index contributed by atoms with van der Waals surface area (Å²) >= 11 is 0. The van der Waals surface area contributed by atoms with Gasteiger partial charge >= 0.3 is 5.97 Å². The number of benzene rings is 1. The van der Waals surface area contributed by atoms with E-state index in [1.807, 2.05) is 6.07 Å². The summed E-state index contributed by atoms with van der Waals surface area (Å²) in [6.45, 7) is 0.201. The lowest BCUT2D eigenvalue weighted by Gasteiger charge is -2.41. The smallest absolute Gasteiger partial charge is 0.305 e. The summed E-state index contributed by atoms with van der Waals surface area (Å²) in [5.41, 5.74) is 0.265. The van der Waals surface area contributed by atoms with Crippen molar-refractivity contribution in [3.8, 4) is 11.5 Å². The number of rotatable bonds is 5. The highest BCUT2D eigenvalue weighted by atomic mass is 16.7. The molecule has 2 aliphatic rings. The Morgan fingerprint density at radius 2 is 2.00 bits per heavy atom. The molecule has 0 atom stereocenters. The Labute approximate surface area is 122 Å². The lowest BCUT2D eigenvalue weighted by Crippen LogP contribution is -2.55. The maximum absolute atomic E-state index is 12.1. The maximum Gasteiger partial charge on any atom is 0.305 e. The van der Waals surface area contributed by atoms with Crippen LogP contribution < -0.4 is 14.8 Å². The second-order valence-corrected chi connectivity index (χ2v) is 5.62. The first kappa shape index (κ1) is 13.7. The molecular weight excluding hydrogens is 274 g/mol. The highest BCUT2D eigenvalue weighted by Gasteiger charge is 2.40. The summed E-state index contributed by atoms with van der Waals surface area (Å²) in [7, 11) is 0. The first-order chi connectivity index (χ1) is 10.1. The Kier molecular flexibility index (Phi) is 3.45. The molecule has 0 radical (unpaired) electrons. The van der Waals surface area contributed by atoms with E-state index in [1.165, 1.54) is 0 Å². The second kappa shape index (κ2) is 5.27. The van der Waals surface area contributed by atoms with Crippen molar-refractivity contribution in [3.05, 3.63) is 23.8 Å². The molecule has 112 valence electrons. The van der Waals surface area contributed by atoms with Crippen molar-refractivity contribution in [3.63, 3.8) is 0 Å². The van der Waals surface area contributed by atoms with Crippen molar-refractivity contribution < 1.29 is 24.2 Å². The highest BCUT2D eigenvalue weighted by Crippen LogP contribution is 2.35. The fourth-order valence-corrected chi connectivity index (χ4v) is 2.82. The average Bonchev–Trinajstić information content (AvgIpc) is 2.82. The number of carbonyl (C=O) groups is 2. The van der Waals surface area contributed by atoms with E-state index in [9.17, 15) is 9.59 Å². The summed E-state index contributed by atoms with van der Waals surface area (Å²) < 4.78 is 10.5. The van der Waals surface area contributed by atoms with E-state index in [1.54, 1.807) is 12.1 Å². The third-order valence-corrected chi connectivity index (χ3v) is 4.01. The first-order valence-corrected chi connectivity index (χ1v) is 6.98. The number of aliphatic carboxylic acids is 1. The fourth-order valence-electron chi connectivity index (χ4n) is 2.82. The summed E-state index contributed by atoms with van der Waals surface area (Å²) in [4.78, 5) is 23.0. The molecule has 2 N–H and O–H groups in total. The topological polar surface area (TPSA) is 84.9 Å². The molecule has 0 unspecified atom stereocenters. The monoisotopic (exact) mass is 291 g/mol. The average molecular weight is 291 g/mol. The summed E-state index contributed by atoms with van der Waals surface area (Å²) in [5.74, 6) is 0.289. The van der Waals surface area contributed by atoms with E-state index in [0.29, 0.717) is 11.5 Å². The number of carboxylic acids is 1. The van der Waals surface area contributed by atoms with Crippen LogP contribution in [0, 0.1) is 0 Å². The van der Waals surface area contributed by atoms with Crippen molar-refractivity contribution >= 4 is 11.9 Å². The van der Waals surface area contributed by atoms with Crippen LogP contribution in [-0.4, -0.2) is 29.3 Å². The summed E-state index contributed by atoms with van der Waals surface area (Å²) in [5, 5.41) is 11.8. The number of fused-ring (bicyclic) bond motifs is 1. The number of amides is 1. The normalized spacial score (nSPS) is 17.9. The van der Waals surface area contributed by atoms with Gasteiger partial charge in [-0.15, -0.1) is 0 Å². The Morgan fingerprint density at radius 1 is 1.24 bits per heavy atom.